The number of hydrogen-bond donors (Lipinski definition) is 0. The molecule has 0 spiro atoms. The van der Waals surface area contributed by atoms with E-state index >= 15 is 0 Å². The van der Waals surface area contributed by atoms with Crippen LogP contribution in [0.3, 0.4) is 0 Å². The first kappa shape index (κ1) is 13.1. The van der Waals surface area contributed by atoms with E-state index < -0.39 is 0 Å². The van der Waals surface area contributed by atoms with Crippen molar-refractivity contribution < 1.29 is 9.53 Å². The molecule has 1 aromatic heterocycles. The van der Waals surface area contributed by atoms with Crippen LogP contribution in [0.2, 0.25) is 0 Å². The highest BCUT2D eigenvalue weighted by molar-refractivity contribution is 7.09. The van der Waals surface area contributed by atoms with Crippen molar-refractivity contribution in [3.63, 3.8) is 0 Å². The lowest BCUT2D eigenvalue weighted by atomic mass is 9.81. The Bertz CT molecular complexity index is 488. The van der Waals surface area contributed by atoms with E-state index in [1.165, 1.54) is 12.0 Å². The molecule has 1 aliphatic heterocycles. The molecule has 19 heavy (non-hydrogen) atoms. The average molecular weight is 280 g/mol. The van der Waals surface area contributed by atoms with Gasteiger partial charge in [-0.1, -0.05) is 6.42 Å². The molecule has 104 valence electrons. The molecule has 0 bridgehead atoms. The molecule has 0 radical (unpaired) electrons. The number of carbonyl (C=O) groups is 1. The van der Waals surface area contributed by atoms with Crippen molar-refractivity contribution in [1.29, 1.82) is 0 Å². The van der Waals surface area contributed by atoms with Gasteiger partial charge in [0, 0.05) is 24.5 Å². The van der Waals surface area contributed by atoms with Crippen molar-refractivity contribution in [3.8, 4) is 0 Å². The lowest BCUT2D eigenvalue weighted by Crippen LogP contribution is -2.36. The van der Waals surface area contributed by atoms with Crippen molar-refractivity contribution in [2.45, 2.75) is 32.7 Å². The molecule has 0 N–H and O–H groups in total. The van der Waals surface area contributed by atoms with Crippen LogP contribution in [0.4, 0.5) is 0 Å². The molecule has 2 fully saturated rings. The highest BCUT2D eigenvalue weighted by Crippen LogP contribution is 2.49. The lowest BCUT2D eigenvalue weighted by molar-refractivity contribution is -0.153. The number of methoxy groups -OCH3 is 1. The van der Waals surface area contributed by atoms with E-state index in [-0.39, 0.29) is 11.4 Å². The van der Waals surface area contributed by atoms with Crippen molar-refractivity contribution in [2.24, 2.45) is 11.3 Å². The summed E-state index contributed by atoms with van der Waals surface area (Å²) >= 11 is 1.71. The number of carbonyl (C=O) groups excluding carboxylic acids is 1. The van der Waals surface area contributed by atoms with Gasteiger partial charge in [-0.3, -0.25) is 9.69 Å². The van der Waals surface area contributed by atoms with E-state index in [9.17, 15) is 4.79 Å². The molecule has 5 heteroatoms. The zero-order valence-corrected chi connectivity index (χ0v) is 12.3. The minimum Gasteiger partial charge on any atom is -0.469 e. The zero-order valence-electron chi connectivity index (χ0n) is 11.5. The number of esters is 1. The van der Waals surface area contributed by atoms with Crippen LogP contribution >= 0.6 is 11.3 Å². The Morgan fingerprint density at radius 1 is 1.68 bits per heavy atom. The maximum absolute atomic E-state index is 12.2. The second-order valence-electron chi connectivity index (χ2n) is 5.77. The Hall–Kier alpha value is -0.940. The monoisotopic (exact) mass is 280 g/mol. The third-order valence-corrected chi connectivity index (χ3v) is 5.67. The molecule has 0 aromatic carbocycles. The summed E-state index contributed by atoms with van der Waals surface area (Å²) in [7, 11) is 1.52. The van der Waals surface area contributed by atoms with Gasteiger partial charge < -0.3 is 4.74 Å². The molecule has 1 aliphatic carbocycles. The molecule has 0 amide bonds. The predicted molar refractivity (Wildman–Crippen MR) is 73.9 cm³/mol. The largest absolute Gasteiger partial charge is 0.469 e. The number of rotatable bonds is 3. The second kappa shape index (κ2) is 4.87. The van der Waals surface area contributed by atoms with Gasteiger partial charge in [-0.15, -0.1) is 11.3 Å². The number of thiazole rings is 1. The Morgan fingerprint density at radius 2 is 2.53 bits per heavy atom. The quantitative estimate of drug-likeness (QED) is 0.796. The van der Waals surface area contributed by atoms with Gasteiger partial charge in [0.15, 0.2) is 0 Å². The molecule has 4 nitrogen and oxygen atoms in total. The van der Waals surface area contributed by atoms with Crippen LogP contribution in [-0.4, -0.2) is 36.1 Å². The lowest BCUT2D eigenvalue weighted by Gasteiger charge is -2.25. The highest BCUT2D eigenvalue weighted by atomic mass is 32.1. The normalized spacial score (nSPS) is 30.5. The highest BCUT2D eigenvalue weighted by Gasteiger charge is 2.55. The topological polar surface area (TPSA) is 42.4 Å². The third-order valence-electron chi connectivity index (χ3n) is 4.75. The average Bonchev–Trinajstić information content (AvgIpc) is 3.04. The number of likely N-dealkylation sites (tertiary alicyclic amines) is 1. The van der Waals surface area contributed by atoms with Gasteiger partial charge >= 0.3 is 5.97 Å². The Morgan fingerprint density at radius 3 is 3.21 bits per heavy atom. The molecule has 3 rings (SSSR count). The summed E-state index contributed by atoms with van der Waals surface area (Å²) in [6.07, 6.45) is 3.31. The van der Waals surface area contributed by atoms with Gasteiger partial charge in [-0.2, -0.15) is 0 Å². The summed E-state index contributed by atoms with van der Waals surface area (Å²) in [5, 5.41) is 0. The van der Waals surface area contributed by atoms with E-state index in [1.807, 2.05) is 5.51 Å². The maximum atomic E-state index is 12.2. The van der Waals surface area contributed by atoms with Crippen LogP contribution in [0.15, 0.2) is 5.51 Å². The van der Waals surface area contributed by atoms with Crippen LogP contribution in [0, 0.1) is 18.3 Å². The maximum Gasteiger partial charge on any atom is 0.313 e. The first-order valence-electron chi connectivity index (χ1n) is 6.85. The molecular formula is C14H20N2O2S. The summed E-state index contributed by atoms with van der Waals surface area (Å²) in [6, 6.07) is 0. The zero-order chi connectivity index (χ0) is 13.5. The van der Waals surface area contributed by atoms with Gasteiger partial charge in [0.2, 0.25) is 0 Å². The number of aromatic nitrogens is 1. The Kier molecular flexibility index (Phi) is 3.35. The third kappa shape index (κ3) is 2.09. The number of nitrogens with zero attached hydrogens (tertiary/aromatic N) is 2. The Labute approximate surface area is 117 Å². The SMILES string of the molecule is COC(=O)[C@@]12CCC[C@@H]1CN(Cc1scnc1C)C2. The fraction of sp³-hybridized carbons (Fsp3) is 0.714. The van der Waals surface area contributed by atoms with Crippen LogP contribution in [-0.2, 0) is 16.1 Å². The number of ether oxygens (including phenoxy) is 1. The van der Waals surface area contributed by atoms with Crippen molar-refractivity contribution >= 4 is 17.3 Å². The minimum absolute atomic E-state index is 0.00136. The molecular weight excluding hydrogens is 260 g/mol. The van der Waals surface area contributed by atoms with Gasteiger partial charge in [-0.05, 0) is 25.7 Å². The first-order chi connectivity index (χ1) is 9.15. The van der Waals surface area contributed by atoms with E-state index in [4.69, 9.17) is 4.74 Å². The molecule has 1 saturated heterocycles. The van der Waals surface area contributed by atoms with Crippen LogP contribution < -0.4 is 0 Å². The van der Waals surface area contributed by atoms with Crippen molar-refractivity contribution in [3.05, 3.63) is 16.1 Å². The molecule has 2 aliphatic rings. The van der Waals surface area contributed by atoms with E-state index in [0.717, 1.165) is 44.6 Å². The molecule has 2 heterocycles. The van der Waals surface area contributed by atoms with Gasteiger partial charge in [0.25, 0.3) is 0 Å². The fourth-order valence-electron chi connectivity index (χ4n) is 3.73. The summed E-state index contributed by atoms with van der Waals surface area (Å²) in [6.45, 7) is 4.85. The van der Waals surface area contributed by atoms with Crippen LogP contribution in [0.25, 0.3) is 0 Å². The second-order valence-corrected chi connectivity index (χ2v) is 6.71. The van der Waals surface area contributed by atoms with Gasteiger partial charge in [0.05, 0.1) is 23.7 Å². The van der Waals surface area contributed by atoms with Crippen LogP contribution in [0.1, 0.15) is 29.8 Å². The molecule has 1 aromatic rings. The number of aryl methyl sites for hydroxylation is 1. The smallest absolute Gasteiger partial charge is 0.313 e. The molecule has 2 atom stereocenters. The Balaban J connectivity index is 1.75. The van der Waals surface area contributed by atoms with Crippen LogP contribution in [0.5, 0.6) is 0 Å². The molecule has 0 unspecified atom stereocenters. The van der Waals surface area contributed by atoms with E-state index in [0.29, 0.717) is 5.92 Å². The summed E-state index contributed by atoms with van der Waals surface area (Å²) in [5.74, 6) is 0.478. The fourth-order valence-corrected chi connectivity index (χ4v) is 4.55. The van der Waals surface area contributed by atoms with Gasteiger partial charge in [-0.25, -0.2) is 4.98 Å². The number of fused-ring (bicyclic) bond motifs is 1. The summed E-state index contributed by atoms with van der Waals surface area (Å²) in [5.41, 5.74) is 2.79. The molecule has 1 saturated carbocycles. The van der Waals surface area contributed by atoms with Gasteiger partial charge in [0.1, 0.15) is 0 Å². The van der Waals surface area contributed by atoms with E-state index in [2.05, 4.69) is 16.8 Å². The summed E-state index contributed by atoms with van der Waals surface area (Å²) < 4.78 is 5.07. The minimum atomic E-state index is -0.229. The van der Waals surface area contributed by atoms with E-state index in [1.54, 1.807) is 11.3 Å². The number of hydrogen-bond acceptors (Lipinski definition) is 5. The van der Waals surface area contributed by atoms with Crippen molar-refractivity contribution in [1.82, 2.24) is 9.88 Å². The van der Waals surface area contributed by atoms with Crippen molar-refractivity contribution in [2.75, 3.05) is 20.2 Å². The predicted octanol–water partition coefficient (Wildman–Crippen LogP) is 2.23. The first-order valence-corrected chi connectivity index (χ1v) is 7.73. The standard InChI is InChI=1S/C14H20N2O2S/c1-10-12(19-9-15-10)7-16-6-11-4-3-5-14(11,8-16)13(17)18-2/h9,11H,3-8H2,1-2H3/t11-,14-/m1/s1. The summed E-state index contributed by atoms with van der Waals surface area (Å²) in [4.78, 5) is 20.2.